The van der Waals surface area contributed by atoms with Gasteiger partial charge in [-0.2, -0.15) is 0 Å². The number of benzene rings is 1. The van der Waals surface area contributed by atoms with Crippen molar-refractivity contribution in [3.05, 3.63) is 30.3 Å². The van der Waals surface area contributed by atoms with Crippen molar-refractivity contribution in [1.29, 1.82) is 0 Å². The predicted molar refractivity (Wildman–Crippen MR) is 91.0 cm³/mol. The molecule has 144 valence electrons. The van der Waals surface area contributed by atoms with E-state index in [9.17, 15) is 8.42 Å². The van der Waals surface area contributed by atoms with Crippen LogP contribution in [0.1, 0.15) is 27.7 Å². The van der Waals surface area contributed by atoms with Crippen molar-refractivity contribution in [3.63, 3.8) is 0 Å². The molecular formula is C18H24O7S. The van der Waals surface area contributed by atoms with Crippen LogP contribution in [0.5, 0.6) is 0 Å². The van der Waals surface area contributed by atoms with Crippen molar-refractivity contribution in [2.75, 3.05) is 6.61 Å². The minimum absolute atomic E-state index is 0.188. The molecule has 0 radical (unpaired) electrons. The molecule has 0 spiro atoms. The average molecular weight is 384 g/mol. The second-order valence-corrected chi connectivity index (χ2v) is 9.79. The molecule has 3 fully saturated rings. The molecule has 1 aromatic carbocycles. The van der Waals surface area contributed by atoms with Crippen LogP contribution in [0, 0.1) is 0 Å². The van der Waals surface area contributed by atoms with Gasteiger partial charge >= 0.3 is 0 Å². The maximum absolute atomic E-state index is 13.2. The van der Waals surface area contributed by atoms with Gasteiger partial charge < -0.3 is 23.7 Å². The summed E-state index contributed by atoms with van der Waals surface area (Å²) >= 11 is 0. The van der Waals surface area contributed by atoms with Crippen LogP contribution in [-0.2, 0) is 33.5 Å². The first-order valence-electron chi connectivity index (χ1n) is 8.71. The predicted octanol–water partition coefficient (Wildman–Crippen LogP) is 1.86. The second-order valence-electron chi connectivity index (χ2n) is 7.76. The van der Waals surface area contributed by atoms with Gasteiger partial charge in [0.05, 0.1) is 11.5 Å². The summed E-state index contributed by atoms with van der Waals surface area (Å²) in [6, 6.07) is 8.24. The minimum atomic E-state index is -3.78. The van der Waals surface area contributed by atoms with Gasteiger partial charge in [0.2, 0.25) is 9.84 Å². The van der Waals surface area contributed by atoms with Gasteiger partial charge in [-0.1, -0.05) is 18.2 Å². The van der Waals surface area contributed by atoms with Gasteiger partial charge in [-0.3, -0.25) is 0 Å². The van der Waals surface area contributed by atoms with Crippen LogP contribution in [0.3, 0.4) is 0 Å². The van der Waals surface area contributed by atoms with E-state index in [1.54, 1.807) is 44.2 Å². The lowest BCUT2D eigenvalue weighted by Gasteiger charge is -2.48. The highest BCUT2D eigenvalue weighted by molar-refractivity contribution is 7.92. The molecule has 3 aliphatic rings. The van der Waals surface area contributed by atoms with E-state index in [2.05, 4.69) is 0 Å². The zero-order chi connectivity index (χ0) is 18.7. The van der Waals surface area contributed by atoms with Crippen molar-refractivity contribution < 1.29 is 32.1 Å². The molecule has 26 heavy (non-hydrogen) atoms. The maximum Gasteiger partial charge on any atom is 0.207 e. The summed E-state index contributed by atoms with van der Waals surface area (Å²) in [7, 11) is -3.78. The Morgan fingerprint density at radius 1 is 0.885 bits per heavy atom. The molecule has 7 nitrogen and oxygen atoms in total. The molecule has 8 heteroatoms. The Bertz CT molecular complexity index is 774. The Balaban J connectivity index is 1.71. The number of hydrogen-bond acceptors (Lipinski definition) is 7. The summed E-state index contributed by atoms with van der Waals surface area (Å²) in [5, 5.41) is 0. The Kier molecular flexibility index (Phi) is 4.22. The van der Waals surface area contributed by atoms with Crippen molar-refractivity contribution in [2.24, 2.45) is 0 Å². The largest absolute Gasteiger partial charge is 0.351 e. The molecule has 4 rings (SSSR count). The third kappa shape index (κ3) is 3.08. The first-order chi connectivity index (χ1) is 12.1. The van der Waals surface area contributed by atoms with Gasteiger partial charge in [0.25, 0.3) is 0 Å². The quantitative estimate of drug-likeness (QED) is 0.770. The Morgan fingerprint density at radius 3 is 2.19 bits per heavy atom. The van der Waals surface area contributed by atoms with E-state index in [1.165, 1.54) is 0 Å². The van der Waals surface area contributed by atoms with Gasteiger partial charge in [0.1, 0.15) is 24.4 Å². The zero-order valence-corrected chi connectivity index (χ0v) is 16.1. The highest BCUT2D eigenvalue weighted by Gasteiger charge is 2.61. The fourth-order valence-electron chi connectivity index (χ4n) is 3.74. The van der Waals surface area contributed by atoms with Crippen molar-refractivity contribution in [2.45, 2.75) is 74.0 Å². The molecular weight excluding hydrogens is 360 g/mol. The van der Waals surface area contributed by atoms with E-state index in [1.807, 2.05) is 13.8 Å². The van der Waals surface area contributed by atoms with Crippen LogP contribution in [0.2, 0.25) is 0 Å². The molecule has 0 unspecified atom stereocenters. The Labute approximate surface area is 153 Å². The molecule has 0 aromatic heterocycles. The van der Waals surface area contributed by atoms with Gasteiger partial charge in [-0.15, -0.1) is 0 Å². The third-order valence-electron chi connectivity index (χ3n) is 4.82. The topological polar surface area (TPSA) is 80.3 Å². The summed E-state index contributed by atoms with van der Waals surface area (Å²) < 4.78 is 56.0. The number of hydrogen-bond donors (Lipinski definition) is 0. The normalized spacial score (nSPS) is 38.4. The van der Waals surface area contributed by atoms with E-state index in [0.29, 0.717) is 0 Å². The molecule has 0 N–H and O–H groups in total. The summed E-state index contributed by atoms with van der Waals surface area (Å²) in [6.07, 6.45) is -2.36. The minimum Gasteiger partial charge on any atom is -0.351 e. The van der Waals surface area contributed by atoms with Crippen molar-refractivity contribution >= 4 is 9.84 Å². The van der Waals surface area contributed by atoms with E-state index in [-0.39, 0.29) is 11.5 Å². The Hall–Kier alpha value is -1.03. The van der Waals surface area contributed by atoms with Crippen LogP contribution in [0.15, 0.2) is 35.2 Å². The molecule has 0 aliphatic carbocycles. The average Bonchev–Trinajstić information content (AvgIpc) is 2.89. The van der Waals surface area contributed by atoms with Gasteiger partial charge in [-0.05, 0) is 39.8 Å². The lowest BCUT2D eigenvalue weighted by Crippen LogP contribution is -2.64. The SMILES string of the molecule is CC1(C)O[C@@H]2[C@@H](O1)[C@H](S(=O)(=O)c1ccccc1)O[C@@H]1COC(C)(C)O[C@H]21. The third-order valence-corrected chi connectivity index (χ3v) is 6.74. The molecule has 3 aliphatic heterocycles. The summed E-state index contributed by atoms with van der Waals surface area (Å²) in [6.45, 7) is 7.37. The standard InChI is InChI=1S/C18H24O7S/c1-17(2)21-10-12-13(23-17)14-15(25-18(3,4)24-14)16(22-12)26(19,20)11-8-6-5-7-9-11/h5-9,12-16H,10H2,1-4H3/t12-,13+,14+,15-,16+/m1/s1. The van der Waals surface area contributed by atoms with Crippen LogP contribution in [0.4, 0.5) is 0 Å². The summed E-state index contributed by atoms with van der Waals surface area (Å²) in [4.78, 5) is 0.188. The van der Waals surface area contributed by atoms with Crippen LogP contribution in [-0.4, -0.2) is 56.5 Å². The van der Waals surface area contributed by atoms with Crippen LogP contribution < -0.4 is 0 Å². The summed E-state index contributed by atoms with van der Waals surface area (Å²) in [5.74, 6) is -1.72. The number of fused-ring (bicyclic) bond motifs is 3. The highest BCUT2D eigenvalue weighted by atomic mass is 32.2. The number of sulfone groups is 1. The molecule has 3 heterocycles. The lowest BCUT2D eigenvalue weighted by molar-refractivity contribution is -0.342. The van der Waals surface area contributed by atoms with Gasteiger partial charge in [0, 0.05) is 0 Å². The first kappa shape index (κ1) is 18.3. The molecule has 5 atom stereocenters. The van der Waals surface area contributed by atoms with E-state index in [4.69, 9.17) is 23.7 Å². The molecule has 0 bridgehead atoms. The number of ether oxygens (including phenoxy) is 5. The van der Waals surface area contributed by atoms with Gasteiger partial charge in [0.15, 0.2) is 17.0 Å². The van der Waals surface area contributed by atoms with Crippen LogP contribution >= 0.6 is 0 Å². The Morgan fingerprint density at radius 2 is 1.50 bits per heavy atom. The fraction of sp³-hybridized carbons (Fsp3) is 0.667. The number of rotatable bonds is 2. The van der Waals surface area contributed by atoms with Crippen molar-refractivity contribution in [1.82, 2.24) is 0 Å². The first-order valence-corrected chi connectivity index (χ1v) is 10.3. The molecule has 3 saturated heterocycles. The van der Waals surface area contributed by atoms with E-state index < -0.39 is 51.3 Å². The zero-order valence-electron chi connectivity index (χ0n) is 15.2. The van der Waals surface area contributed by atoms with E-state index in [0.717, 1.165) is 0 Å². The van der Waals surface area contributed by atoms with Crippen molar-refractivity contribution in [3.8, 4) is 0 Å². The second kappa shape index (κ2) is 5.98. The highest BCUT2D eigenvalue weighted by Crippen LogP contribution is 2.44. The monoisotopic (exact) mass is 384 g/mol. The lowest BCUT2D eigenvalue weighted by atomic mass is 9.98. The molecule has 1 aromatic rings. The van der Waals surface area contributed by atoms with Crippen LogP contribution in [0.25, 0.3) is 0 Å². The van der Waals surface area contributed by atoms with Gasteiger partial charge in [-0.25, -0.2) is 8.42 Å². The maximum atomic E-state index is 13.2. The molecule has 0 amide bonds. The smallest absolute Gasteiger partial charge is 0.207 e. The molecule has 0 saturated carbocycles. The van der Waals surface area contributed by atoms with E-state index >= 15 is 0 Å². The summed E-state index contributed by atoms with van der Waals surface area (Å²) in [5.41, 5.74) is -1.19. The fourth-order valence-corrected chi connectivity index (χ4v) is 5.39.